The SMILES string of the molecule is CC(Cl)C(=O)NCCOc1ccc(F)cc1F. The van der Waals surface area contributed by atoms with Gasteiger partial charge in [0.05, 0.1) is 6.54 Å². The van der Waals surface area contributed by atoms with Gasteiger partial charge in [-0.25, -0.2) is 8.78 Å². The Hall–Kier alpha value is -1.36. The molecule has 6 heteroatoms. The van der Waals surface area contributed by atoms with Crippen molar-refractivity contribution >= 4 is 17.5 Å². The minimum absolute atomic E-state index is 0.0560. The van der Waals surface area contributed by atoms with Crippen LogP contribution in [0, 0.1) is 11.6 Å². The number of carbonyl (C=O) groups is 1. The molecule has 0 aliphatic heterocycles. The molecule has 0 spiro atoms. The number of nitrogens with one attached hydrogen (secondary N) is 1. The summed E-state index contributed by atoms with van der Waals surface area (Å²) in [5.74, 6) is -1.82. The number of carbonyl (C=O) groups excluding carboxylic acids is 1. The molecule has 0 saturated heterocycles. The average Bonchev–Trinajstić information content (AvgIpc) is 2.26. The van der Waals surface area contributed by atoms with Gasteiger partial charge in [-0.05, 0) is 19.1 Å². The Labute approximate surface area is 103 Å². The Morgan fingerprint density at radius 3 is 2.82 bits per heavy atom. The number of hydrogen-bond donors (Lipinski definition) is 1. The molecule has 1 unspecified atom stereocenters. The molecule has 94 valence electrons. The fourth-order valence-electron chi connectivity index (χ4n) is 1.07. The highest BCUT2D eigenvalue weighted by atomic mass is 35.5. The minimum Gasteiger partial charge on any atom is -0.489 e. The van der Waals surface area contributed by atoms with Gasteiger partial charge in [0.1, 0.15) is 17.8 Å². The number of hydrogen-bond acceptors (Lipinski definition) is 2. The van der Waals surface area contributed by atoms with E-state index in [-0.39, 0.29) is 24.8 Å². The van der Waals surface area contributed by atoms with Crippen molar-refractivity contribution in [1.82, 2.24) is 5.32 Å². The van der Waals surface area contributed by atoms with Crippen molar-refractivity contribution in [3.63, 3.8) is 0 Å². The molecule has 1 atom stereocenters. The summed E-state index contributed by atoms with van der Waals surface area (Å²) in [4.78, 5) is 11.0. The van der Waals surface area contributed by atoms with Crippen molar-refractivity contribution in [2.24, 2.45) is 0 Å². The third-order valence-corrected chi connectivity index (χ3v) is 2.11. The molecule has 0 aliphatic rings. The average molecular weight is 264 g/mol. The summed E-state index contributed by atoms with van der Waals surface area (Å²) < 4.78 is 30.7. The zero-order valence-electron chi connectivity index (χ0n) is 9.17. The van der Waals surface area contributed by atoms with Crippen LogP contribution < -0.4 is 10.1 Å². The molecule has 17 heavy (non-hydrogen) atoms. The number of benzene rings is 1. The summed E-state index contributed by atoms with van der Waals surface area (Å²) in [7, 11) is 0. The maximum Gasteiger partial charge on any atom is 0.237 e. The first-order valence-corrected chi connectivity index (χ1v) is 5.44. The monoisotopic (exact) mass is 263 g/mol. The molecule has 0 aliphatic carbocycles. The Kier molecular flexibility index (Phi) is 5.15. The highest BCUT2D eigenvalue weighted by molar-refractivity contribution is 6.30. The number of alkyl halides is 1. The van der Waals surface area contributed by atoms with E-state index >= 15 is 0 Å². The molecule has 1 amide bonds. The number of amides is 1. The molecule has 1 N–H and O–H groups in total. The fourth-order valence-corrected chi connectivity index (χ4v) is 1.15. The first kappa shape index (κ1) is 13.7. The van der Waals surface area contributed by atoms with Crippen molar-refractivity contribution in [3.05, 3.63) is 29.8 Å². The van der Waals surface area contributed by atoms with Crippen LogP contribution in [0.3, 0.4) is 0 Å². The lowest BCUT2D eigenvalue weighted by molar-refractivity contribution is -0.120. The van der Waals surface area contributed by atoms with E-state index in [2.05, 4.69) is 5.32 Å². The van der Waals surface area contributed by atoms with Gasteiger partial charge in [0.15, 0.2) is 11.6 Å². The van der Waals surface area contributed by atoms with Crippen molar-refractivity contribution in [3.8, 4) is 5.75 Å². The van der Waals surface area contributed by atoms with Crippen LogP contribution in [-0.4, -0.2) is 24.4 Å². The lowest BCUT2D eigenvalue weighted by Crippen LogP contribution is -2.32. The molecule has 0 saturated carbocycles. The van der Waals surface area contributed by atoms with Gasteiger partial charge in [0, 0.05) is 6.07 Å². The van der Waals surface area contributed by atoms with Gasteiger partial charge >= 0.3 is 0 Å². The number of ether oxygens (including phenoxy) is 1. The number of rotatable bonds is 5. The van der Waals surface area contributed by atoms with Gasteiger partial charge < -0.3 is 10.1 Å². The van der Waals surface area contributed by atoms with Crippen LogP contribution in [0.5, 0.6) is 5.75 Å². The summed E-state index contributed by atoms with van der Waals surface area (Å²) in [6.07, 6.45) is 0. The second-order valence-corrected chi connectivity index (χ2v) is 3.98. The van der Waals surface area contributed by atoms with Crippen LogP contribution >= 0.6 is 11.6 Å². The zero-order valence-corrected chi connectivity index (χ0v) is 9.93. The van der Waals surface area contributed by atoms with Crippen LogP contribution in [0.4, 0.5) is 8.78 Å². The third-order valence-electron chi connectivity index (χ3n) is 1.91. The van der Waals surface area contributed by atoms with E-state index in [0.717, 1.165) is 12.1 Å². The second-order valence-electron chi connectivity index (χ2n) is 3.33. The third kappa shape index (κ3) is 4.56. The van der Waals surface area contributed by atoms with Gasteiger partial charge in [-0.3, -0.25) is 4.79 Å². The predicted molar refractivity (Wildman–Crippen MR) is 60.2 cm³/mol. The maximum absolute atomic E-state index is 13.1. The van der Waals surface area contributed by atoms with Crippen LogP contribution in [0.2, 0.25) is 0 Å². The fraction of sp³-hybridized carbons (Fsp3) is 0.364. The second kappa shape index (κ2) is 6.39. The van der Waals surface area contributed by atoms with E-state index in [4.69, 9.17) is 16.3 Å². The highest BCUT2D eigenvalue weighted by Crippen LogP contribution is 2.17. The highest BCUT2D eigenvalue weighted by Gasteiger charge is 2.08. The molecule has 1 aromatic rings. The quantitative estimate of drug-likeness (QED) is 0.653. The molecule has 3 nitrogen and oxygen atoms in total. The molecular weight excluding hydrogens is 252 g/mol. The summed E-state index contributed by atoms with van der Waals surface area (Å²) >= 11 is 5.51. The van der Waals surface area contributed by atoms with Crippen molar-refractivity contribution < 1.29 is 18.3 Å². The topological polar surface area (TPSA) is 38.3 Å². The molecule has 1 aromatic carbocycles. The Morgan fingerprint density at radius 1 is 1.53 bits per heavy atom. The maximum atomic E-state index is 13.1. The van der Waals surface area contributed by atoms with Crippen molar-refractivity contribution in [1.29, 1.82) is 0 Å². The standard InChI is InChI=1S/C11H12ClF2NO2/c1-7(12)11(16)15-4-5-17-10-3-2-8(13)6-9(10)14/h2-3,6-7H,4-5H2,1H3,(H,15,16). The van der Waals surface area contributed by atoms with Crippen LogP contribution in [0.25, 0.3) is 0 Å². The molecule has 0 fully saturated rings. The normalized spacial score (nSPS) is 12.0. The van der Waals surface area contributed by atoms with Gasteiger partial charge in [0.2, 0.25) is 5.91 Å². The molecule has 0 aromatic heterocycles. The Morgan fingerprint density at radius 2 is 2.24 bits per heavy atom. The van der Waals surface area contributed by atoms with Crippen LogP contribution in [0.15, 0.2) is 18.2 Å². The Balaban J connectivity index is 2.34. The minimum atomic E-state index is -0.776. The van der Waals surface area contributed by atoms with E-state index in [1.165, 1.54) is 13.0 Å². The summed E-state index contributed by atoms with van der Waals surface area (Å²) in [5, 5.41) is 1.86. The lowest BCUT2D eigenvalue weighted by atomic mass is 10.3. The first-order chi connectivity index (χ1) is 8.00. The van der Waals surface area contributed by atoms with Crippen molar-refractivity contribution in [2.75, 3.05) is 13.2 Å². The van der Waals surface area contributed by atoms with Gasteiger partial charge in [0.25, 0.3) is 0 Å². The largest absolute Gasteiger partial charge is 0.489 e. The van der Waals surface area contributed by atoms with E-state index in [9.17, 15) is 13.6 Å². The van der Waals surface area contributed by atoms with E-state index in [1.807, 2.05) is 0 Å². The molecule has 1 rings (SSSR count). The van der Waals surface area contributed by atoms with Crippen LogP contribution in [0.1, 0.15) is 6.92 Å². The smallest absolute Gasteiger partial charge is 0.237 e. The van der Waals surface area contributed by atoms with Crippen LogP contribution in [-0.2, 0) is 4.79 Å². The molecule has 0 radical (unpaired) electrons. The molecule has 0 heterocycles. The predicted octanol–water partition coefficient (Wildman–Crippen LogP) is 2.09. The number of halogens is 3. The summed E-state index contributed by atoms with van der Waals surface area (Å²) in [5.41, 5.74) is 0. The molecule has 0 bridgehead atoms. The van der Waals surface area contributed by atoms with Gasteiger partial charge in [-0.2, -0.15) is 0 Å². The molecular formula is C11H12ClF2NO2. The van der Waals surface area contributed by atoms with E-state index < -0.39 is 17.0 Å². The van der Waals surface area contributed by atoms with E-state index in [0.29, 0.717) is 0 Å². The summed E-state index contributed by atoms with van der Waals surface area (Å²) in [6.45, 7) is 1.82. The first-order valence-electron chi connectivity index (χ1n) is 5.00. The summed E-state index contributed by atoms with van der Waals surface area (Å²) in [6, 6.07) is 3.02. The van der Waals surface area contributed by atoms with Gasteiger partial charge in [-0.15, -0.1) is 11.6 Å². The van der Waals surface area contributed by atoms with Gasteiger partial charge in [-0.1, -0.05) is 0 Å². The zero-order chi connectivity index (χ0) is 12.8. The van der Waals surface area contributed by atoms with Crippen molar-refractivity contribution in [2.45, 2.75) is 12.3 Å². The lowest BCUT2D eigenvalue weighted by Gasteiger charge is -2.09. The Bertz CT molecular complexity index is 399. The van der Waals surface area contributed by atoms with E-state index in [1.54, 1.807) is 0 Å².